The molecule has 1 saturated heterocycles. The van der Waals surface area contributed by atoms with Gasteiger partial charge in [0, 0.05) is 18.1 Å². The average molecular weight is 284 g/mol. The number of hydrogen-bond acceptors (Lipinski definition) is 3. The normalized spacial score (nSPS) is 20.6. The molecule has 1 heterocycles. The molecule has 1 fully saturated rings. The lowest BCUT2D eigenvalue weighted by molar-refractivity contribution is 0.190. The van der Waals surface area contributed by atoms with Gasteiger partial charge in [0.2, 0.25) is 0 Å². The summed E-state index contributed by atoms with van der Waals surface area (Å²) < 4.78 is 0. The average Bonchev–Trinajstić information content (AvgIpc) is 2.66. The van der Waals surface area contributed by atoms with Crippen LogP contribution in [-0.2, 0) is 0 Å². The van der Waals surface area contributed by atoms with Gasteiger partial charge in [-0.3, -0.25) is 0 Å². The van der Waals surface area contributed by atoms with E-state index in [1.807, 2.05) is 0 Å². The fourth-order valence-electron chi connectivity index (χ4n) is 3.09. The van der Waals surface area contributed by atoms with E-state index in [0.29, 0.717) is 11.6 Å². The van der Waals surface area contributed by atoms with Crippen molar-refractivity contribution in [2.45, 2.75) is 71.4 Å². The minimum atomic E-state index is 0.366. The van der Waals surface area contributed by atoms with Gasteiger partial charge in [0.1, 0.15) is 0 Å². The van der Waals surface area contributed by atoms with Gasteiger partial charge in [0.05, 0.1) is 0 Å². The van der Waals surface area contributed by atoms with E-state index in [0.717, 1.165) is 0 Å². The Bertz CT molecular complexity index is 249. The molecule has 1 rings (SSSR count). The Morgan fingerprint density at radius 3 is 2.50 bits per heavy atom. The molecule has 0 radical (unpaired) electrons. The summed E-state index contributed by atoms with van der Waals surface area (Å²) in [7, 11) is 2.24. The third-order valence-electron chi connectivity index (χ3n) is 5.15. The summed E-state index contributed by atoms with van der Waals surface area (Å²) in [5.41, 5.74) is 0.366. The molecule has 0 atom stereocenters. The molecule has 0 spiro atoms. The van der Waals surface area contributed by atoms with E-state index in [4.69, 9.17) is 0 Å². The number of nitrogens with zero attached hydrogens (tertiary/aromatic N) is 2. The maximum atomic E-state index is 3.80. The number of nitrogens with one attached hydrogen (secondary N) is 1. The quantitative estimate of drug-likeness (QED) is 0.691. The number of hydrogen-bond donors (Lipinski definition) is 1. The van der Waals surface area contributed by atoms with Gasteiger partial charge in [0.15, 0.2) is 0 Å². The van der Waals surface area contributed by atoms with Crippen molar-refractivity contribution in [2.24, 2.45) is 0 Å². The summed E-state index contributed by atoms with van der Waals surface area (Å²) in [6, 6.07) is 0.671. The molecule has 1 N–H and O–H groups in total. The van der Waals surface area contributed by atoms with Crippen LogP contribution in [0.15, 0.2) is 0 Å². The second kappa shape index (κ2) is 9.01. The molecule has 1 aliphatic rings. The van der Waals surface area contributed by atoms with Gasteiger partial charge in [-0.25, -0.2) is 0 Å². The zero-order valence-electron chi connectivity index (χ0n) is 14.5. The molecule has 1 aliphatic heterocycles. The highest BCUT2D eigenvalue weighted by Crippen LogP contribution is 2.20. The molecule has 120 valence electrons. The molecule has 0 aliphatic carbocycles. The molecule has 0 aromatic carbocycles. The van der Waals surface area contributed by atoms with Crippen LogP contribution >= 0.6 is 0 Å². The van der Waals surface area contributed by atoms with Gasteiger partial charge >= 0.3 is 0 Å². The Kier molecular flexibility index (Phi) is 8.08. The van der Waals surface area contributed by atoms with Crippen LogP contribution < -0.4 is 5.32 Å². The minimum absolute atomic E-state index is 0.366. The summed E-state index contributed by atoms with van der Waals surface area (Å²) in [6.07, 6.45) is 6.45. The standard InChI is InChI=1S/C17H37N3/c1-6-17(7-2)15-20(14-10-11-18-17)13-9-8-12-19(5)16(3)4/h16,18H,6-15H2,1-5H3. The lowest BCUT2D eigenvalue weighted by Crippen LogP contribution is -2.50. The van der Waals surface area contributed by atoms with Gasteiger partial charge in [-0.05, 0) is 79.2 Å². The Balaban J connectivity index is 2.31. The Hall–Kier alpha value is -0.120. The maximum Gasteiger partial charge on any atom is 0.0303 e. The van der Waals surface area contributed by atoms with E-state index in [1.165, 1.54) is 64.8 Å². The fourth-order valence-corrected chi connectivity index (χ4v) is 3.09. The number of unbranched alkanes of at least 4 members (excludes halogenated alkanes) is 1. The van der Waals surface area contributed by atoms with Gasteiger partial charge in [-0.2, -0.15) is 0 Å². The predicted octanol–water partition coefficient (Wildman–Crippen LogP) is 2.96. The highest BCUT2D eigenvalue weighted by atomic mass is 15.2. The SMILES string of the molecule is CCC1(CC)CN(CCCCN(C)C(C)C)CCCN1. The topological polar surface area (TPSA) is 18.5 Å². The van der Waals surface area contributed by atoms with Crippen molar-refractivity contribution in [3.63, 3.8) is 0 Å². The van der Waals surface area contributed by atoms with Gasteiger partial charge in [-0.15, -0.1) is 0 Å². The molecular formula is C17H37N3. The highest BCUT2D eigenvalue weighted by Gasteiger charge is 2.29. The van der Waals surface area contributed by atoms with Crippen LogP contribution in [0.3, 0.4) is 0 Å². The van der Waals surface area contributed by atoms with Crippen LogP contribution in [0.25, 0.3) is 0 Å². The highest BCUT2D eigenvalue weighted by molar-refractivity contribution is 4.91. The first-order valence-corrected chi connectivity index (χ1v) is 8.70. The van der Waals surface area contributed by atoms with Crippen molar-refractivity contribution in [1.29, 1.82) is 0 Å². The van der Waals surface area contributed by atoms with Gasteiger partial charge < -0.3 is 15.1 Å². The summed E-state index contributed by atoms with van der Waals surface area (Å²) in [4.78, 5) is 5.15. The van der Waals surface area contributed by atoms with E-state index in [2.05, 4.69) is 49.9 Å². The lowest BCUT2D eigenvalue weighted by Gasteiger charge is -2.35. The molecule has 0 amide bonds. The lowest BCUT2D eigenvalue weighted by atomic mass is 9.92. The summed E-state index contributed by atoms with van der Waals surface area (Å²) in [6.45, 7) is 15.4. The summed E-state index contributed by atoms with van der Waals surface area (Å²) in [5.74, 6) is 0. The van der Waals surface area contributed by atoms with Crippen molar-refractivity contribution >= 4 is 0 Å². The molecule has 3 heteroatoms. The van der Waals surface area contributed by atoms with Crippen LogP contribution in [0, 0.1) is 0 Å². The molecule has 0 aromatic heterocycles. The zero-order chi connectivity index (χ0) is 15.0. The number of rotatable bonds is 8. The van der Waals surface area contributed by atoms with E-state index in [9.17, 15) is 0 Å². The van der Waals surface area contributed by atoms with Crippen molar-refractivity contribution in [3.05, 3.63) is 0 Å². The summed E-state index contributed by atoms with van der Waals surface area (Å²) in [5, 5.41) is 3.80. The van der Waals surface area contributed by atoms with Crippen molar-refractivity contribution in [2.75, 3.05) is 39.8 Å². The molecule has 20 heavy (non-hydrogen) atoms. The van der Waals surface area contributed by atoms with Crippen LogP contribution in [0.5, 0.6) is 0 Å². The van der Waals surface area contributed by atoms with E-state index in [1.54, 1.807) is 0 Å². The van der Waals surface area contributed by atoms with Gasteiger partial charge in [0.25, 0.3) is 0 Å². The second-order valence-electron chi connectivity index (χ2n) is 6.83. The third kappa shape index (κ3) is 5.71. The first kappa shape index (κ1) is 17.9. The minimum Gasteiger partial charge on any atom is -0.310 e. The Labute approximate surface area is 127 Å². The molecule has 0 unspecified atom stereocenters. The second-order valence-corrected chi connectivity index (χ2v) is 6.83. The predicted molar refractivity (Wildman–Crippen MR) is 89.4 cm³/mol. The largest absolute Gasteiger partial charge is 0.310 e. The van der Waals surface area contributed by atoms with E-state index < -0.39 is 0 Å². The van der Waals surface area contributed by atoms with Crippen LogP contribution in [0.1, 0.15) is 59.8 Å². The first-order valence-electron chi connectivity index (χ1n) is 8.70. The fraction of sp³-hybridized carbons (Fsp3) is 1.00. The molecule has 3 nitrogen and oxygen atoms in total. The van der Waals surface area contributed by atoms with Crippen LogP contribution in [-0.4, -0.2) is 61.2 Å². The van der Waals surface area contributed by atoms with E-state index in [-0.39, 0.29) is 0 Å². The van der Waals surface area contributed by atoms with Crippen LogP contribution in [0.2, 0.25) is 0 Å². The van der Waals surface area contributed by atoms with Crippen molar-refractivity contribution in [1.82, 2.24) is 15.1 Å². The molecular weight excluding hydrogens is 246 g/mol. The first-order chi connectivity index (χ1) is 9.53. The molecule has 0 saturated carbocycles. The smallest absolute Gasteiger partial charge is 0.0303 e. The Morgan fingerprint density at radius 2 is 1.90 bits per heavy atom. The zero-order valence-corrected chi connectivity index (χ0v) is 14.5. The van der Waals surface area contributed by atoms with E-state index >= 15 is 0 Å². The Morgan fingerprint density at radius 1 is 1.20 bits per heavy atom. The molecule has 0 bridgehead atoms. The summed E-state index contributed by atoms with van der Waals surface area (Å²) >= 11 is 0. The molecule has 0 aromatic rings. The van der Waals surface area contributed by atoms with Crippen molar-refractivity contribution < 1.29 is 0 Å². The van der Waals surface area contributed by atoms with Crippen LogP contribution in [0.4, 0.5) is 0 Å². The monoisotopic (exact) mass is 283 g/mol. The van der Waals surface area contributed by atoms with Crippen molar-refractivity contribution in [3.8, 4) is 0 Å². The van der Waals surface area contributed by atoms with Gasteiger partial charge in [-0.1, -0.05) is 13.8 Å². The third-order valence-corrected chi connectivity index (χ3v) is 5.15. The maximum absolute atomic E-state index is 3.80.